The van der Waals surface area contributed by atoms with Gasteiger partial charge in [0, 0.05) is 30.9 Å². The maximum Gasteiger partial charge on any atom is 0.259 e. The summed E-state index contributed by atoms with van der Waals surface area (Å²) in [5.74, 6) is 1.01. The summed E-state index contributed by atoms with van der Waals surface area (Å²) in [6.45, 7) is 4.96. The zero-order valence-corrected chi connectivity index (χ0v) is 19.2. The van der Waals surface area contributed by atoms with E-state index >= 15 is 0 Å². The topological polar surface area (TPSA) is 84.4 Å². The summed E-state index contributed by atoms with van der Waals surface area (Å²) < 4.78 is 5.48. The molecule has 0 spiro atoms. The molecule has 4 rings (SSSR count). The monoisotopic (exact) mass is 444 g/mol. The first-order valence-corrected chi connectivity index (χ1v) is 11.1. The Morgan fingerprint density at radius 3 is 2.58 bits per heavy atom. The molecule has 0 bridgehead atoms. The van der Waals surface area contributed by atoms with Gasteiger partial charge in [-0.3, -0.25) is 9.59 Å². The molecule has 2 aromatic carbocycles. The van der Waals surface area contributed by atoms with Crippen molar-refractivity contribution < 1.29 is 14.3 Å². The summed E-state index contributed by atoms with van der Waals surface area (Å²) in [6, 6.07) is 14.9. The summed E-state index contributed by atoms with van der Waals surface area (Å²) >= 11 is 0. The second-order valence-electron chi connectivity index (χ2n) is 8.29. The van der Waals surface area contributed by atoms with Crippen molar-refractivity contribution in [2.75, 3.05) is 25.5 Å². The number of amides is 2. The number of nitrogens with one attached hydrogen (secondary N) is 1. The molecule has 0 aliphatic carbocycles. The lowest BCUT2D eigenvalue weighted by Crippen LogP contribution is -2.39. The van der Waals surface area contributed by atoms with Crippen molar-refractivity contribution in [1.82, 2.24) is 14.9 Å². The van der Waals surface area contributed by atoms with Gasteiger partial charge in [-0.2, -0.15) is 0 Å². The number of carbonyl (C=O) groups is 2. The molecule has 1 aromatic heterocycles. The number of likely N-dealkylation sites (tertiary alicyclic amines) is 1. The van der Waals surface area contributed by atoms with Gasteiger partial charge in [0.25, 0.3) is 11.8 Å². The highest BCUT2D eigenvalue weighted by Crippen LogP contribution is 2.29. The SMILES string of the molecule is COc1c(C)cccc1C(=O)N1CCC[C@H](c2ncc(C(=O)Nc3ccccc3)c(C)n2)C1. The molecule has 1 aliphatic rings. The molecule has 1 atom stereocenters. The maximum atomic E-state index is 13.2. The third-order valence-electron chi connectivity index (χ3n) is 5.99. The number of hydrogen-bond acceptors (Lipinski definition) is 5. The minimum Gasteiger partial charge on any atom is -0.496 e. The van der Waals surface area contributed by atoms with Crippen molar-refractivity contribution in [2.45, 2.75) is 32.6 Å². The van der Waals surface area contributed by atoms with E-state index < -0.39 is 0 Å². The molecule has 7 nitrogen and oxygen atoms in total. The number of ether oxygens (including phenoxy) is 1. The highest BCUT2D eigenvalue weighted by molar-refractivity contribution is 6.04. The smallest absolute Gasteiger partial charge is 0.259 e. The van der Waals surface area contributed by atoms with Gasteiger partial charge in [0.2, 0.25) is 0 Å². The van der Waals surface area contributed by atoms with Crippen LogP contribution in [0, 0.1) is 13.8 Å². The van der Waals surface area contributed by atoms with Crippen LogP contribution in [-0.4, -0.2) is 46.9 Å². The van der Waals surface area contributed by atoms with Gasteiger partial charge in [0.1, 0.15) is 11.6 Å². The number of carbonyl (C=O) groups excluding carboxylic acids is 2. The lowest BCUT2D eigenvalue weighted by molar-refractivity contribution is 0.0701. The Kier molecular flexibility index (Phi) is 6.68. The molecule has 7 heteroatoms. The Morgan fingerprint density at radius 2 is 1.85 bits per heavy atom. The minimum atomic E-state index is -0.239. The van der Waals surface area contributed by atoms with Crippen LogP contribution in [0.25, 0.3) is 0 Å². The molecular formula is C26H28N4O3. The van der Waals surface area contributed by atoms with Gasteiger partial charge in [-0.25, -0.2) is 9.97 Å². The largest absolute Gasteiger partial charge is 0.496 e. The average Bonchev–Trinajstić information content (AvgIpc) is 2.84. The number of rotatable bonds is 5. The third kappa shape index (κ3) is 4.87. The predicted molar refractivity (Wildman–Crippen MR) is 127 cm³/mol. The molecule has 0 unspecified atom stereocenters. The van der Waals surface area contributed by atoms with Crippen LogP contribution in [0.2, 0.25) is 0 Å². The number of benzene rings is 2. The van der Waals surface area contributed by atoms with E-state index in [2.05, 4.69) is 15.3 Å². The van der Waals surface area contributed by atoms with Crippen LogP contribution in [0.15, 0.2) is 54.7 Å². The number of aromatic nitrogens is 2. The van der Waals surface area contributed by atoms with Gasteiger partial charge < -0.3 is 15.0 Å². The standard InChI is InChI=1S/C26H28N4O3/c1-17-9-7-13-21(23(17)33-3)26(32)30-14-8-10-19(16-30)24-27-15-22(18(2)28-24)25(31)29-20-11-5-4-6-12-20/h4-7,9,11-13,15,19H,8,10,14,16H2,1-3H3,(H,29,31)/t19-/m0/s1. The normalized spacial score (nSPS) is 15.7. The van der Waals surface area contributed by atoms with Gasteiger partial charge >= 0.3 is 0 Å². The van der Waals surface area contributed by atoms with Gasteiger partial charge in [0.05, 0.1) is 23.9 Å². The fraction of sp³-hybridized carbons (Fsp3) is 0.308. The summed E-state index contributed by atoms with van der Waals surface area (Å²) in [5, 5.41) is 2.87. The molecule has 1 aliphatic heterocycles. The summed E-state index contributed by atoms with van der Waals surface area (Å²) in [5.41, 5.74) is 3.29. The fourth-order valence-electron chi connectivity index (χ4n) is 4.26. The van der Waals surface area contributed by atoms with Gasteiger partial charge in [0.15, 0.2) is 0 Å². The Morgan fingerprint density at radius 1 is 1.06 bits per heavy atom. The lowest BCUT2D eigenvalue weighted by atomic mass is 9.96. The van der Waals surface area contributed by atoms with Gasteiger partial charge in [-0.05, 0) is 50.5 Å². The second-order valence-corrected chi connectivity index (χ2v) is 8.29. The van der Waals surface area contributed by atoms with E-state index in [1.807, 2.05) is 61.2 Å². The molecule has 1 N–H and O–H groups in total. The van der Waals surface area contributed by atoms with E-state index in [0.717, 1.165) is 24.1 Å². The number of aryl methyl sites for hydroxylation is 2. The third-order valence-corrected chi connectivity index (χ3v) is 5.99. The van der Waals surface area contributed by atoms with Crippen LogP contribution in [-0.2, 0) is 0 Å². The van der Waals surface area contributed by atoms with Crippen LogP contribution in [0.5, 0.6) is 5.75 Å². The molecular weight excluding hydrogens is 416 g/mol. The summed E-state index contributed by atoms with van der Waals surface area (Å²) in [7, 11) is 1.59. The molecule has 0 radical (unpaired) electrons. The summed E-state index contributed by atoms with van der Waals surface area (Å²) in [6.07, 6.45) is 3.34. The lowest BCUT2D eigenvalue weighted by Gasteiger charge is -2.32. The van der Waals surface area contributed by atoms with Crippen molar-refractivity contribution >= 4 is 17.5 Å². The molecule has 1 fully saturated rings. The maximum absolute atomic E-state index is 13.2. The molecule has 3 aromatic rings. The van der Waals surface area contributed by atoms with E-state index in [-0.39, 0.29) is 17.7 Å². The van der Waals surface area contributed by atoms with E-state index in [9.17, 15) is 9.59 Å². The first kappa shape index (κ1) is 22.5. The Hall–Kier alpha value is -3.74. The van der Waals surface area contributed by atoms with Gasteiger partial charge in [-0.15, -0.1) is 0 Å². The molecule has 2 amide bonds. The fourth-order valence-corrected chi connectivity index (χ4v) is 4.26. The van der Waals surface area contributed by atoms with E-state index in [0.29, 0.717) is 41.5 Å². The van der Waals surface area contributed by atoms with Crippen molar-refractivity contribution in [2.24, 2.45) is 0 Å². The van der Waals surface area contributed by atoms with Crippen molar-refractivity contribution in [3.63, 3.8) is 0 Å². The van der Waals surface area contributed by atoms with Crippen LogP contribution in [0.4, 0.5) is 5.69 Å². The van der Waals surface area contributed by atoms with Gasteiger partial charge in [-0.1, -0.05) is 30.3 Å². The van der Waals surface area contributed by atoms with E-state index in [1.165, 1.54) is 0 Å². The summed E-state index contributed by atoms with van der Waals surface area (Å²) in [4.78, 5) is 36.9. The number of hydrogen-bond donors (Lipinski definition) is 1. The number of anilines is 1. The number of piperidine rings is 1. The van der Waals surface area contributed by atoms with Crippen molar-refractivity contribution in [1.29, 1.82) is 0 Å². The molecule has 170 valence electrons. The minimum absolute atomic E-state index is 0.0171. The predicted octanol–water partition coefficient (Wildman–Crippen LogP) is 4.37. The number of methoxy groups -OCH3 is 1. The van der Waals surface area contributed by atoms with E-state index in [1.54, 1.807) is 19.4 Å². The van der Waals surface area contributed by atoms with Crippen molar-refractivity contribution in [3.8, 4) is 5.75 Å². The zero-order chi connectivity index (χ0) is 23.4. The van der Waals surface area contributed by atoms with Crippen molar-refractivity contribution in [3.05, 3.63) is 82.9 Å². The Balaban J connectivity index is 1.49. The average molecular weight is 445 g/mol. The van der Waals surface area contributed by atoms with E-state index in [4.69, 9.17) is 4.74 Å². The molecule has 1 saturated heterocycles. The number of para-hydroxylation sites is 2. The quantitative estimate of drug-likeness (QED) is 0.632. The zero-order valence-electron chi connectivity index (χ0n) is 19.2. The first-order chi connectivity index (χ1) is 16.0. The Labute approximate surface area is 193 Å². The Bertz CT molecular complexity index is 1160. The van der Waals surface area contributed by atoms with Crippen LogP contribution < -0.4 is 10.1 Å². The first-order valence-electron chi connectivity index (χ1n) is 11.1. The highest BCUT2D eigenvalue weighted by atomic mass is 16.5. The second kappa shape index (κ2) is 9.81. The van der Waals surface area contributed by atoms with Crippen LogP contribution >= 0.6 is 0 Å². The molecule has 2 heterocycles. The molecule has 33 heavy (non-hydrogen) atoms. The van der Waals surface area contributed by atoms with Crippen LogP contribution in [0.3, 0.4) is 0 Å². The number of nitrogens with zero attached hydrogens (tertiary/aromatic N) is 3. The molecule has 0 saturated carbocycles. The highest BCUT2D eigenvalue weighted by Gasteiger charge is 2.29. The van der Waals surface area contributed by atoms with Crippen LogP contribution in [0.1, 0.15) is 56.6 Å².